The third kappa shape index (κ3) is 3.12. The first-order chi connectivity index (χ1) is 11.7. The van der Waals surface area contributed by atoms with Crippen molar-refractivity contribution < 1.29 is 9.59 Å². The molecule has 2 heterocycles. The molecule has 1 aromatic rings. The molecule has 0 spiro atoms. The highest BCUT2D eigenvalue weighted by molar-refractivity contribution is 5.97. The predicted octanol–water partition coefficient (Wildman–Crippen LogP) is 2.18. The Hall–Kier alpha value is -2.04. The summed E-state index contributed by atoms with van der Waals surface area (Å²) in [5, 5.41) is 6.53. The number of likely N-dealkylation sites (tertiary alicyclic amines) is 1. The van der Waals surface area contributed by atoms with Gasteiger partial charge in [-0.05, 0) is 56.2 Å². The Labute approximate surface area is 142 Å². The number of fused-ring (bicyclic) bond motifs is 1. The van der Waals surface area contributed by atoms with Crippen LogP contribution in [-0.2, 0) is 11.2 Å². The lowest BCUT2D eigenvalue weighted by molar-refractivity contribution is -0.123. The Morgan fingerprint density at radius 1 is 1.12 bits per heavy atom. The van der Waals surface area contributed by atoms with Gasteiger partial charge in [-0.15, -0.1) is 0 Å². The molecule has 0 atom stereocenters. The van der Waals surface area contributed by atoms with Gasteiger partial charge in [0.05, 0.1) is 0 Å². The van der Waals surface area contributed by atoms with Crippen LogP contribution >= 0.6 is 0 Å². The molecule has 2 N–H and O–H groups in total. The third-order valence-electron chi connectivity index (χ3n) is 5.40. The lowest BCUT2D eigenvalue weighted by Crippen LogP contribution is -2.47. The first kappa shape index (κ1) is 15.5. The summed E-state index contributed by atoms with van der Waals surface area (Å²) in [7, 11) is 0. The van der Waals surface area contributed by atoms with E-state index in [0.29, 0.717) is 0 Å². The first-order valence-corrected chi connectivity index (χ1v) is 9.18. The molecule has 2 aliphatic heterocycles. The second kappa shape index (κ2) is 6.46. The van der Waals surface area contributed by atoms with Crippen molar-refractivity contribution in [3.63, 3.8) is 0 Å². The zero-order valence-corrected chi connectivity index (χ0v) is 14.0. The van der Waals surface area contributed by atoms with E-state index in [4.69, 9.17) is 0 Å². The lowest BCUT2D eigenvalue weighted by Gasteiger charge is -2.33. The average molecular weight is 327 g/mol. The highest BCUT2D eigenvalue weighted by Gasteiger charge is 2.32. The Morgan fingerprint density at radius 3 is 2.67 bits per heavy atom. The fourth-order valence-corrected chi connectivity index (χ4v) is 3.77. The third-order valence-corrected chi connectivity index (χ3v) is 5.40. The van der Waals surface area contributed by atoms with Gasteiger partial charge in [0, 0.05) is 42.8 Å². The van der Waals surface area contributed by atoms with Gasteiger partial charge in [0.1, 0.15) is 0 Å². The van der Waals surface area contributed by atoms with Gasteiger partial charge in [-0.2, -0.15) is 0 Å². The molecule has 0 unspecified atom stereocenters. The van der Waals surface area contributed by atoms with Gasteiger partial charge in [0.2, 0.25) is 5.91 Å². The lowest BCUT2D eigenvalue weighted by atomic mass is 9.96. The fourth-order valence-electron chi connectivity index (χ4n) is 3.77. The number of benzene rings is 1. The monoisotopic (exact) mass is 327 g/mol. The van der Waals surface area contributed by atoms with E-state index in [9.17, 15) is 9.59 Å². The van der Waals surface area contributed by atoms with Crippen molar-refractivity contribution in [2.45, 2.75) is 44.6 Å². The second-order valence-corrected chi connectivity index (χ2v) is 7.21. The van der Waals surface area contributed by atoms with E-state index >= 15 is 0 Å². The summed E-state index contributed by atoms with van der Waals surface area (Å²) in [5.41, 5.74) is 3.12. The number of nitrogens with one attached hydrogen (secondary N) is 2. The second-order valence-electron chi connectivity index (χ2n) is 7.21. The van der Waals surface area contributed by atoms with Crippen molar-refractivity contribution >= 4 is 17.5 Å². The minimum Gasteiger partial charge on any atom is -0.385 e. The van der Waals surface area contributed by atoms with Gasteiger partial charge in [-0.25, -0.2) is 0 Å². The van der Waals surface area contributed by atoms with Gasteiger partial charge >= 0.3 is 0 Å². The van der Waals surface area contributed by atoms with Gasteiger partial charge in [0.15, 0.2) is 0 Å². The zero-order chi connectivity index (χ0) is 16.5. The number of rotatable bonds is 3. The van der Waals surface area contributed by atoms with Crippen LogP contribution in [0.3, 0.4) is 0 Å². The van der Waals surface area contributed by atoms with Gasteiger partial charge in [-0.1, -0.05) is 6.07 Å². The molecule has 5 nitrogen and oxygen atoms in total. The van der Waals surface area contributed by atoms with Crippen LogP contribution in [0.15, 0.2) is 18.2 Å². The maximum Gasteiger partial charge on any atom is 0.254 e. The summed E-state index contributed by atoms with van der Waals surface area (Å²) in [5.74, 6) is 0.610. The van der Waals surface area contributed by atoms with E-state index in [1.54, 1.807) is 0 Å². The molecular formula is C19H25N3O2. The molecule has 2 amide bonds. The smallest absolute Gasteiger partial charge is 0.254 e. The molecule has 1 saturated heterocycles. The van der Waals surface area contributed by atoms with Crippen molar-refractivity contribution in [1.82, 2.24) is 10.2 Å². The van der Waals surface area contributed by atoms with Gasteiger partial charge < -0.3 is 15.5 Å². The number of anilines is 1. The molecule has 3 aliphatic rings. The Kier molecular flexibility index (Phi) is 4.17. The van der Waals surface area contributed by atoms with Crippen molar-refractivity contribution in [2.75, 3.05) is 25.0 Å². The van der Waals surface area contributed by atoms with E-state index < -0.39 is 0 Å². The van der Waals surface area contributed by atoms with Gasteiger partial charge in [-0.3, -0.25) is 9.59 Å². The molecule has 0 radical (unpaired) electrons. The SMILES string of the molecule is O=C(NC1CCN(C(=O)c2cccc3c2CCCN3)CC1)C1CC1. The molecule has 1 aromatic carbocycles. The average Bonchev–Trinajstić information content (AvgIpc) is 3.46. The summed E-state index contributed by atoms with van der Waals surface area (Å²) in [6.45, 7) is 2.44. The van der Waals surface area contributed by atoms with E-state index in [1.165, 1.54) is 0 Å². The molecule has 4 rings (SSSR count). The molecule has 0 bridgehead atoms. The molecule has 128 valence electrons. The van der Waals surface area contributed by atoms with Crippen molar-refractivity contribution in [3.05, 3.63) is 29.3 Å². The number of carbonyl (C=O) groups excluding carboxylic acids is 2. The Balaban J connectivity index is 1.39. The number of amides is 2. The minimum atomic E-state index is 0.141. The number of carbonyl (C=O) groups is 2. The highest BCUT2D eigenvalue weighted by Crippen LogP contribution is 2.30. The predicted molar refractivity (Wildman–Crippen MR) is 93.0 cm³/mol. The zero-order valence-electron chi connectivity index (χ0n) is 14.0. The number of hydrogen-bond donors (Lipinski definition) is 2. The summed E-state index contributed by atoms with van der Waals surface area (Å²) in [6, 6.07) is 6.21. The normalized spacial score (nSPS) is 20.9. The maximum absolute atomic E-state index is 12.9. The summed E-state index contributed by atoms with van der Waals surface area (Å²) < 4.78 is 0. The number of hydrogen-bond acceptors (Lipinski definition) is 3. The van der Waals surface area contributed by atoms with Crippen LogP contribution in [0, 0.1) is 5.92 Å². The minimum absolute atomic E-state index is 0.141. The first-order valence-electron chi connectivity index (χ1n) is 9.18. The van der Waals surface area contributed by atoms with Gasteiger partial charge in [0.25, 0.3) is 5.91 Å². The molecule has 0 aromatic heterocycles. The van der Waals surface area contributed by atoms with E-state index in [-0.39, 0.29) is 23.8 Å². The van der Waals surface area contributed by atoms with E-state index in [2.05, 4.69) is 16.7 Å². The van der Waals surface area contributed by atoms with Crippen LogP contribution in [0.25, 0.3) is 0 Å². The number of nitrogens with zero attached hydrogens (tertiary/aromatic N) is 1. The Bertz CT molecular complexity index is 646. The Morgan fingerprint density at radius 2 is 1.92 bits per heavy atom. The van der Waals surface area contributed by atoms with E-state index in [1.807, 2.05) is 17.0 Å². The fraction of sp³-hybridized carbons (Fsp3) is 0.579. The van der Waals surface area contributed by atoms with Crippen LogP contribution in [0.1, 0.15) is 48.0 Å². The summed E-state index contributed by atoms with van der Waals surface area (Å²) in [6.07, 6.45) is 5.84. The van der Waals surface area contributed by atoms with Crippen LogP contribution in [0.4, 0.5) is 5.69 Å². The molecule has 24 heavy (non-hydrogen) atoms. The van der Waals surface area contributed by atoms with Crippen LogP contribution < -0.4 is 10.6 Å². The molecule has 1 saturated carbocycles. The van der Waals surface area contributed by atoms with Crippen LogP contribution in [-0.4, -0.2) is 42.4 Å². The molecular weight excluding hydrogens is 302 g/mol. The largest absolute Gasteiger partial charge is 0.385 e. The standard InChI is InChI=1S/C19H25N3O2/c23-18(13-6-7-13)21-14-8-11-22(12-9-14)19(24)16-3-1-5-17-15(16)4-2-10-20-17/h1,3,5,13-14,20H,2,4,6-12H2,(H,21,23). The summed E-state index contributed by atoms with van der Waals surface area (Å²) >= 11 is 0. The van der Waals surface area contributed by atoms with Crippen molar-refractivity contribution in [2.24, 2.45) is 5.92 Å². The van der Waals surface area contributed by atoms with Crippen molar-refractivity contribution in [1.29, 1.82) is 0 Å². The summed E-state index contributed by atoms with van der Waals surface area (Å²) in [4.78, 5) is 26.8. The van der Waals surface area contributed by atoms with Crippen molar-refractivity contribution in [3.8, 4) is 0 Å². The highest BCUT2D eigenvalue weighted by atomic mass is 16.2. The molecule has 2 fully saturated rings. The van der Waals surface area contributed by atoms with E-state index in [0.717, 1.165) is 75.0 Å². The van der Waals surface area contributed by atoms with Crippen LogP contribution in [0.5, 0.6) is 0 Å². The topological polar surface area (TPSA) is 61.4 Å². The quantitative estimate of drug-likeness (QED) is 0.894. The molecule has 1 aliphatic carbocycles. The maximum atomic E-state index is 12.9. The number of piperidine rings is 1. The molecule has 5 heteroatoms. The van der Waals surface area contributed by atoms with Crippen LogP contribution in [0.2, 0.25) is 0 Å².